The Labute approximate surface area is 132 Å². The Balaban J connectivity index is 1.84. The summed E-state index contributed by atoms with van der Waals surface area (Å²) < 4.78 is 31.1. The maximum absolute atomic E-state index is 12.1. The molecule has 22 heavy (non-hydrogen) atoms. The maximum Gasteiger partial charge on any atom is 0.340 e. The highest BCUT2D eigenvalue weighted by Crippen LogP contribution is 2.21. The van der Waals surface area contributed by atoms with E-state index in [2.05, 4.69) is 9.97 Å². The molecule has 0 bridgehead atoms. The van der Waals surface area contributed by atoms with E-state index in [1.807, 2.05) is 0 Å². The van der Waals surface area contributed by atoms with Crippen LogP contribution in [-0.4, -0.2) is 23.0 Å². The van der Waals surface area contributed by atoms with Gasteiger partial charge in [0, 0.05) is 30.5 Å². The molecule has 0 atom stereocenters. The SMILES string of the molecule is O=S(=O)(Oc1ccc(-n2ccnc2)cc1)c1cncc(Cl)c1. The molecular weight excluding hydrogens is 326 g/mol. The highest BCUT2D eigenvalue weighted by Gasteiger charge is 2.17. The largest absolute Gasteiger partial charge is 0.379 e. The van der Waals surface area contributed by atoms with Gasteiger partial charge < -0.3 is 8.75 Å². The van der Waals surface area contributed by atoms with E-state index in [0.717, 1.165) is 5.69 Å². The Hall–Kier alpha value is -2.38. The van der Waals surface area contributed by atoms with Gasteiger partial charge in [-0.25, -0.2) is 4.98 Å². The lowest BCUT2D eigenvalue weighted by molar-refractivity contribution is 0.485. The van der Waals surface area contributed by atoms with Gasteiger partial charge in [0.25, 0.3) is 0 Å². The Morgan fingerprint density at radius 1 is 1.09 bits per heavy atom. The molecule has 8 heteroatoms. The highest BCUT2D eigenvalue weighted by atomic mass is 35.5. The molecule has 0 spiro atoms. The predicted octanol–water partition coefficient (Wildman–Crippen LogP) is 2.69. The van der Waals surface area contributed by atoms with E-state index in [1.165, 1.54) is 18.5 Å². The lowest BCUT2D eigenvalue weighted by Gasteiger charge is -2.08. The number of nitrogens with zero attached hydrogens (tertiary/aromatic N) is 3. The number of imidazole rings is 1. The summed E-state index contributed by atoms with van der Waals surface area (Å²) in [6.45, 7) is 0. The van der Waals surface area contributed by atoms with Gasteiger partial charge in [0.2, 0.25) is 0 Å². The lowest BCUT2D eigenvalue weighted by Crippen LogP contribution is -2.10. The zero-order valence-electron chi connectivity index (χ0n) is 11.1. The molecular formula is C14H10ClN3O3S. The first-order chi connectivity index (χ1) is 10.5. The molecule has 0 N–H and O–H groups in total. The predicted molar refractivity (Wildman–Crippen MR) is 80.6 cm³/mol. The monoisotopic (exact) mass is 335 g/mol. The molecule has 1 aromatic carbocycles. The fourth-order valence-corrected chi connectivity index (χ4v) is 2.95. The quantitative estimate of drug-likeness (QED) is 0.685. The summed E-state index contributed by atoms with van der Waals surface area (Å²) in [7, 11) is -3.97. The second-order valence-electron chi connectivity index (χ2n) is 4.34. The molecule has 0 aliphatic heterocycles. The molecule has 0 amide bonds. The minimum absolute atomic E-state index is 0.0984. The van der Waals surface area contributed by atoms with Gasteiger partial charge in [-0.15, -0.1) is 0 Å². The van der Waals surface area contributed by atoms with Crippen molar-refractivity contribution in [2.24, 2.45) is 0 Å². The van der Waals surface area contributed by atoms with Gasteiger partial charge in [-0.1, -0.05) is 11.6 Å². The summed E-state index contributed by atoms with van der Waals surface area (Å²) in [5.74, 6) is 0.198. The van der Waals surface area contributed by atoms with Crippen LogP contribution in [0, 0.1) is 0 Å². The first-order valence-electron chi connectivity index (χ1n) is 6.18. The van der Waals surface area contributed by atoms with E-state index in [4.69, 9.17) is 15.8 Å². The third kappa shape index (κ3) is 3.10. The highest BCUT2D eigenvalue weighted by molar-refractivity contribution is 7.87. The van der Waals surface area contributed by atoms with Gasteiger partial charge in [-0.3, -0.25) is 4.98 Å². The van der Waals surface area contributed by atoms with Crippen LogP contribution >= 0.6 is 11.6 Å². The van der Waals surface area contributed by atoms with Crippen LogP contribution in [0.4, 0.5) is 0 Å². The summed E-state index contributed by atoms with van der Waals surface area (Å²) >= 11 is 5.74. The van der Waals surface area contributed by atoms with Crippen LogP contribution in [-0.2, 0) is 10.1 Å². The molecule has 0 unspecified atom stereocenters. The average molecular weight is 336 g/mol. The summed E-state index contributed by atoms with van der Waals surface area (Å²) in [6, 6.07) is 7.85. The van der Waals surface area contributed by atoms with E-state index in [0.29, 0.717) is 0 Å². The molecule has 0 saturated carbocycles. The minimum atomic E-state index is -3.97. The van der Waals surface area contributed by atoms with E-state index in [-0.39, 0.29) is 15.7 Å². The molecule has 6 nitrogen and oxygen atoms in total. The third-order valence-corrected chi connectivity index (χ3v) is 4.23. The smallest absolute Gasteiger partial charge is 0.340 e. The molecule has 0 radical (unpaired) electrons. The van der Waals surface area contributed by atoms with Gasteiger partial charge in [-0.05, 0) is 30.3 Å². The van der Waals surface area contributed by atoms with Crippen molar-refractivity contribution >= 4 is 21.7 Å². The topological polar surface area (TPSA) is 74.1 Å². The molecule has 0 aliphatic rings. The van der Waals surface area contributed by atoms with Crippen LogP contribution < -0.4 is 4.18 Å². The van der Waals surface area contributed by atoms with Gasteiger partial charge in [-0.2, -0.15) is 8.42 Å². The number of hydrogen-bond acceptors (Lipinski definition) is 5. The standard InChI is InChI=1S/C14H10ClN3O3S/c15-11-7-14(9-17-8-11)22(19,20)21-13-3-1-12(2-4-13)18-6-5-16-10-18/h1-10H. The fraction of sp³-hybridized carbons (Fsp3) is 0. The maximum atomic E-state index is 12.1. The van der Waals surface area contributed by atoms with E-state index in [1.54, 1.807) is 47.6 Å². The second-order valence-corrected chi connectivity index (χ2v) is 6.32. The van der Waals surface area contributed by atoms with Crippen molar-refractivity contribution < 1.29 is 12.6 Å². The molecule has 0 aliphatic carbocycles. The van der Waals surface area contributed by atoms with E-state index in [9.17, 15) is 8.42 Å². The summed E-state index contributed by atoms with van der Waals surface area (Å²) in [5, 5.41) is 0.222. The Morgan fingerprint density at radius 2 is 1.86 bits per heavy atom. The molecule has 0 fully saturated rings. The van der Waals surface area contributed by atoms with E-state index >= 15 is 0 Å². The second kappa shape index (κ2) is 5.78. The number of pyridine rings is 1. The summed E-state index contributed by atoms with van der Waals surface area (Å²) in [4.78, 5) is 7.58. The summed E-state index contributed by atoms with van der Waals surface area (Å²) in [6.07, 6.45) is 7.61. The molecule has 2 aromatic heterocycles. The number of halogens is 1. The van der Waals surface area contributed by atoms with Crippen molar-refractivity contribution in [2.45, 2.75) is 4.90 Å². The fourth-order valence-electron chi connectivity index (χ4n) is 1.79. The van der Waals surface area contributed by atoms with Crippen LogP contribution in [0.15, 0.2) is 66.3 Å². The summed E-state index contributed by atoms with van der Waals surface area (Å²) in [5.41, 5.74) is 0.840. The molecule has 112 valence electrons. The van der Waals surface area contributed by atoms with Crippen molar-refractivity contribution in [2.75, 3.05) is 0 Å². The number of aromatic nitrogens is 3. The number of hydrogen-bond donors (Lipinski definition) is 0. The minimum Gasteiger partial charge on any atom is -0.379 e. The van der Waals surface area contributed by atoms with Crippen molar-refractivity contribution in [1.29, 1.82) is 0 Å². The van der Waals surface area contributed by atoms with Crippen LogP contribution in [0.2, 0.25) is 5.02 Å². The van der Waals surface area contributed by atoms with Crippen molar-refractivity contribution in [3.63, 3.8) is 0 Å². The normalized spacial score (nSPS) is 11.3. The zero-order chi connectivity index (χ0) is 15.6. The van der Waals surface area contributed by atoms with Crippen molar-refractivity contribution in [3.8, 4) is 11.4 Å². The van der Waals surface area contributed by atoms with Gasteiger partial charge >= 0.3 is 10.1 Å². The molecule has 3 aromatic rings. The molecule has 0 saturated heterocycles. The number of benzene rings is 1. The van der Waals surface area contributed by atoms with Crippen LogP contribution in [0.25, 0.3) is 5.69 Å². The van der Waals surface area contributed by atoms with Gasteiger partial charge in [0.1, 0.15) is 10.6 Å². The third-order valence-electron chi connectivity index (χ3n) is 2.81. The van der Waals surface area contributed by atoms with Gasteiger partial charge in [0.15, 0.2) is 0 Å². The van der Waals surface area contributed by atoms with E-state index < -0.39 is 10.1 Å². The van der Waals surface area contributed by atoms with Crippen molar-refractivity contribution in [1.82, 2.24) is 14.5 Å². The zero-order valence-corrected chi connectivity index (χ0v) is 12.7. The first kappa shape index (κ1) is 14.6. The Bertz CT molecular complexity index is 878. The first-order valence-corrected chi connectivity index (χ1v) is 7.97. The number of rotatable bonds is 4. The Kier molecular flexibility index (Phi) is 3.82. The average Bonchev–Trinajstić information content (AvgIpc) is 3.02. The Morgan fingerprint density at radius 3 is 2.50 bits per heavy atom. The van der Waals surface area contributed by atoms with Crippen LogP contribution in [0.1, 0.15) is 0 Å². The molecule has 3 rings (SSSR count). The molecule has 2 heterocycles. The van der Waals surface area contributed by atoms with Crippen LogP contribution in [0.5, 0.6) is 5.75 Å². The van der Waals surface area contributed by atoms with Crippen LogP contribution in [0.3, 0.4) is 0 Å². The van der Waals surface area contributed by atoms with Gasteiger partial charge in [0.05, 0.1) is 11.3 Å². The van der Waals surface area contributed by atoms with Crippen molar-refractivity contribution in [3.05, 3.63) is 66.5 Å². The lowest BCUT2D eigenvalue weighted by atomic mass is 10.3.